The topological polar surface area (TPSA) is 109 Å². The molecule has 0 unspecified atom stereocenters. The molecule has 0 heterocycles. The number of hydrogen-bond acceptors (Lipinski definition) is 4. The lowest BCUT2D eigenvalue weighted by molar-refractivity contribution is -0.138. The van der Waals surface area contributed by atoms with E-state index in [9.17, 15) is 19.2 Å². The van der Waals surface area contributed by atoms with E-state index >= 15 is 0 Å². The Hall–Kier alpha value is -2.50. The van der Waals surface area contributed by atoms with Crippen LogP contribution < -0.4 is 0 Å². The number of benzene rings is 1. The Bertz CT molecular complexity index is 534. The third-order valence-electron chi connectivity index (χ3n) is 3.31. The fourth-order valence-electron chi connectivity index (χ4n) is 2.08. The molecule has 22 heavy (non-hydrogen) atoms. The molecule has 1 aromatic rings. The molecule has 1 aromatic carbocycles. The van der Waals surface area contributed by atoms with E-state index in [2.05, 4.69) is 0 Å². The maximum Gasteiger partial charge on any atom is 0.304 e. The van der Waals surface area contributed by atoms with Gasteiger partial charge in [0, 0.05) is 23.0 Å². The molecule has 118 valence electrons. The van der Waals surface area contributed by atoms with Crippen molar-refractivity contribution in [3.05, 3.63) is 35.4 Å². The molecule has 0 bridgehead atoms. The van der Waals surface area contributed by atoms with Crippen LogP contribution in [0.4, 0.5) is 0 Å². The minimum Gasteiger partial charge on any atom is -0.481 e. The summed E-state index contributed by atoms with van der Waals surface area (Å²) in [6.45, 7) is 3.06. The highest BCUT2D eigenvalue weighted by molar-refractivity contribution is 6.02. The van der Waals surface area contributed by atoms with Gasteiger partial charge in [0.25, 0.3) is 0 Å². The first-order valence-corrected chi connectivity index (χ1v) is 6.84. The fourth-order valence-corrected chi connectivity index (χ4v) is 2.08. The van der Waals surface area contributed by atoms with Crippen molar-refractivity contribution in [2.24, 2.45) is 11.8 Å². The molecule has 0 amide bonds. The summed E-state index contributed by atoms with van der Waals surface area (Å²) in [6, 6.07) is 5.84. The van der Waals surface area contributed by atoms with E-state index in [0.717, 1.165) is 0 Å². The lowest BCUT2D eigenvalue weighted by Gasteiger charge is -2.10. The first-order valence-electron chi connectivity index (χ1n) is 6.84. The van der Waals surface area contributed by atoms with Gasteiger partial charge in [-0.2, -0.15) is 0 Å². The smallest absolute Gasteiger partial charge is 0.304 e. The lowest BCUT2D eigenvalue weighted by atomic mass is 9.93. The first-order chi connectivity index (χ1) is 10.2. The normalized spacial score (nSPS) is 13.2. The molecule has 0 spiro atoms. The number of rotatable bonds is 8. The Morgan fingerprint density at radius 1 is 0.773 bits per heavy atom. The molecular formula is C16H18O6. The molecule has 6 nitrogen and oxygen atoms in total. The zero-order chi connectivity index (χ0) is 16.9. The van der Waals surface area contributed by atoms with Gasteiger partial charge in [0.2, 0.25) is 0 Å². The average Bonchev–Trinajstić information content (AvgIpc) is 2.44. The molecule has 0 aliphatic rings. The van der Waals surface area contributed by atoms with Gasteiger partial charge in [0.05, 0.1) is 12.8 Å². The van der Waals surface area contributed by atoms with Gasteiger partial charge >= 0.3 is 11.9 Å². The van der Waals surface area contributed by atoms with Crippen LogP contribution in [0, 0.1) is 11.8 Å². The van der Waals surface area contributed by atoms with E-state index in [-0.39, 0.29) is 24.4 Å². The van der Waals surface area contributed by atoms with Crippen LogP contribution >= 0.6 is 0 Å². The second-order valence-electron chi connectivity index (χ2n) is 5.30. The van der Waals surface area contributed by atoms with Gasteiger partial charge in [0.15, 0.2) is 11.6 Å². The molecule has 2 atom stereocenters. The molecule has 0 aliphatic heterocycles. The van der Waals surface area contributed by atoms with E-state index in [0.29, 0.717) is 11.1 Å². The summed E-state index contributed by atoms with van der Waals surface area (Å²) in [7, 11) is 0. The summed E-state index contributed by atoms with van der Waals surface area (Å²) in [6.07, 6.45) is -0.510. The number of hydrogen-bond donors (Lipinski definition) is 2. The fraction of sp³-hybridized carbons (Fsp3) is 0.375. The first kappa shape index (κ1) is 17.6. The van der Waals surface area contributed by atoms with Crippen molar-refractivity contribution in [1.82, 2.24) is 0 Å². The Balaban J connectivity index is 2.82. The second kappa shape index (κ2) is 7.49. The number of carboxylic acid groups (broad SMARTS) is 2. The van der Waals surface area contributed by atoms with Crippen molar-refractivity contribution >= 4 is 23.5 Å². The molecule has 2 N–H and O–H groups in total. The number of carboxylic acids is 2. The molecule has 0 radical (unpaired) electrons. The van der Waals surface area contributed by atoms with Crippen LogP contribution in [-0.2, 0) is 9.59 Å². The van der Waals surface area contributed by atoms with E-state index in [1.165, 1.54) is 38.1 Å². The van der Waals surface area contributed by atoms with E-state index in [1.54, 1.807) is 0 Å². The highest BCUT2D eigenvalue weighted by Gasteiger charge is 2.20. The predicted octanol–water partition coefficient (Wildman–Crippen LogP) is 2.27. The second-order valence-corrected chi connectivity index (χ2v) is 5.30. The minimum absolute atomic E-state index is 0.255. The SMILES string of the molecule is C[C@H](CC(=O)O)C(=O)c1ccc(C(=O)[C@H](C)CC(=O)O)cc1. The van der Waals surface area contributed by atoms with Gasteiger partial charge in [-0.1, -0.05) is 38.1 Å². The van der Waals surface area contributed by atoms with Gasteiger partial charge in [-0.05, 0) is 0 Å². The summed E-state index contributed by atoms with van der Waals surface area (Å²) in [5.74, 6) is -4.00. The maximum absolute atomic E-state index is 12.0. The van der Waals surface area contributed by atoms with E-state index in [1.807, 2.05) is 0 Å². The Morgan fingerprint density at radius 3 is 1.27 bits per heavy atom. The van der Waals surface area contributed by atoms with Gasteiger partial charge in [-0.25, -0.2) is 0 Å². The molecule has 0 aliphatic carbocycles. The molecule has 6 heteroatoms. The molecule has 0 saturated carbocycles. The van der Waals surface area contributed by atoms with Crippen molar-refractivity contribution < 1.29 is 29.4 Å². The summed E-state index contributed by atoms with van der Waals surface area (Å²) in [5, 5.41) is 17.4. The van der Waals surface area contributed by atoms with E-state index < -0.39 is 23.8 Å². The van der Waals surface area contributed by atoms with Crippen LogP contribution in [0.1, 0.15) is 47.4 Å². The third kappa shape index (κ3) is 4.80. The quantitative estimate of drug-likeness (QED) is 0.713. The van der Waals surface area contributed by atoms with Gasteiger partial charge < -0.3 is 10.2 Å². The van der Waals surface area contributed by atoms with Crippen molar-refractivity contribution in [2.45, 2.75) is 26.7 Å². The van der Waals surface area contributed by atoms with Crippen LogP contribution in [0.2, 0.25) is 0 Å². The number of ketones is 2. The summed E-state index contributed by atoms with van der Waals surface area (Å²) < 4.78 is 0. The van der Waals surface area contributed by atoms with Crippen LogP contribution in [0.3, 0.4) is 0 Å². The number of Topliss-reactive ketones (excluding diaryl/α,β-unsaturated/α-hetero) is 2. The summed E-state index contributed by atoms with van der Waals surface area (Å²) in [4.78, 5) is 45.2. The Labute approximate surface area is 127 Å². The van der Waals surface area contributed by atoms with E-state index in [4.69, 9.17) is 10.2 Å². The molecule has 0 saturated heterocycles. The highest BCUT2D eigenvalue weighted by atomic mass is 16.4. The number of aliphatic carboxylic acids is 2. The molecular weight excluding hydrogens is 288 g/mol. The predicted molar refractivity (Wildman–Crippen MR) is 77.9 cm³/mol. The Morgan fingerprint density at radius 2 is 1.05 bits per heavy atom. The van der Waals surface area contributed by atoms with Crippen molar-refractivity contribution in [3.63, 3.8) is 0 Å². The summed E-state index contributed by atoms with van der Waals surface area (Å²) in [5.41, 5.74) is 0.660. The maximum atomic E-state index is 12.0. The lowest BCUT2D eigenvalue weighted by Crippen LogP contribution is -2.17. The van der Waals surface area contributed by atoms with Crippen molar-refractivity contribution in [2.75, 3.05) is 0 Å². The number of carbonyl (C=O) groups is 4. The van der Waals surface area contributed by atoms with Crippen LogP contribution in [-0.4, -0.2) is 33.7 Å². The third-order valence-corrected chi connectivity index (χ3v) is 3.31. The zero-order valence-electron chi connectivity index (χ0n) is 12.4. The summed E-state index contributed by atoms with van der Waals surface area (Å²) >= 11 is 0. The van der Waals surface area contributed by atoms with Crippen molar-refractivity contribution in [1.29, 1.82) is 0 Å². The average molecular weight is 306 g/mol. The largest absolute Gasteiger partial charge is 0.481 e. The van der Waals surface area contributed by atoms with Crippen LogP contribution in [0.5, 0.6) is 0 Å². The molecule has 0 aromatic heterocycles. The van der Waals surface area contributed by atoms with Gasteiger partial charge in [-0.15, -0.1) is 0 Å². The number of carbonyl (C=O) groups excluding carboxylic acids is 2. The van der Waals surface area contributed by atoms with Crippen molar-refractivity contribution in [3.8, 4) is 0 Å². The van der Waals surface area contributed by atoms with Crippen LogP contribution in [0.25, 0.3) is 0 Å². The minimum atomic E-state index is -1.05. The Kier molecular flexibility index (Phi) is 5.98. The van der Waals surface area contributed by atoms with Gasteiger partial charge in [0.1, 0.15) is 0 Å². The standard InChI is InChI=1S/C16H18O6/c1-9(7-13(17)18)15(21)11-3-5-12(6-4-11)16(22)10(2)8-14(19)20/h3-6,9-10H,7-8H2,1-2H3,(H,17,18)(H,19,20)/t9-,10-/m1/s1. The monoisotopic (exact) mass is 306 g/mol. The zero-order valence-corrected chi connectivity index (χ0v) is 12.4. The molecule has 1 rings (SSSR count). The highest BCUT2D eigenvalue weighted by Crippen LogP contribution is 2.16. The van der Waals surface area contributed by atoms with Crippen LogP contribution in [0.15, 0.2) is 24.3 Å². The molecule has 0 fully saturated rings. The van der Waals surface area contributed by atoms with Gasteiger partial charge in [-0.3, -0.25) is 19.2 Å².